The van der Waals surface area contributed by atoms with Gasteiger partial charge in [0.15, 0.2) is 0 Å². The van der Waals surface area contributed by atoms with Gasteiger partial charge in [0.25, 0.3) is 0 Å². The highest BCUT2D eigenvalue weighted by molar-refractivity contribution is 7.27. The second-order valence-corrected chi connectivity index (χ2v) is 2.71. The number of hydrogen-bond acceptors (Lipinski definition) is 1. The van der Waals surface area contributed by atoms with Crippen molar-refractivity contribution in [2.24, 2.45) is 0 Å². The Bertz CT molecular complexity index is 200. The van der Waals surface area contributed by atoms with Crippen LogP contribution in [-0.2, 0) is 6.16 Å². The van der Waals surface area contributed by atoms with Crippen molar-refractivity contribution in [1.29, 1.82) is 0 Å². The van der Waals surface area contributed by atoms with Crippen LogP contribution in [0.3, 0.4) is 0 Å². The molecule has 0 spiro atoms. The van der Waals surface area contributed by atoms with Crippen LogP contribution in [0.5, 0.6) is 0 Å². The molecule has 0 N–H and O–H groups in total. The Hall–Kier alpha value is 0.01000. The zero-order valence-electron chi connectivity index (χ0n) is 5.04. The van der Waals surface area contributed by atoms with E-state index in [9.17, 15) is 0 Å². The quantitative estimate of drug-likeness (QED) is 0.553. The maximum atomic E-state index is 4.10. The molecule has 3 heteroatoms. The van der Waals surface area contributed by atoms with Gasteiger partial charge in [-0.1, -0.05) is 15.3 Å². The van der Waals surface area contributed by atoms with Crippen molar-refractivity contribution >= 4 is 23.9 Å². The molecule has 1 rings (SSSR count). The van der Waals surface area contributed by atoms with Gasteiger partial charge in [0.05, 0.1) is 5.44 Å². The van der Waals surface area contributed by atoms with Crippen LogP contribution in [0.25, 0.3) is 0 Å². The largest absolute Gasteiger partial charge is 0.257 e. The van der Waals surface area contributed by atoms with Gasteiger partial charge in [-0.15, -0.1) is 9.24 Å². The van der Waals surface area contributed by atoms with E-state index in [2.05, 4.69) is 29.5 Å². The predicted octanol–water partition coefficient (Wildman–Crippen LogP) is 0.957. The summed E-state index contributed by atoms with van der Waals surface area (Å²) in [7, 11) is 5.28. The smallest absolute Gasteiger partial charge is 0.0604 e. The summed E-state index contributed by atoms with van der Waals surface area (Å²) in [6.45, 7) is 0. The lowest BCUT2D eigenvalue weighted by molar-refractivity contribution is 1.32. The third-order valence-corrected chi connectivity index (χ3v) is 2.11. The highest BCUT2D eigenvalue weighted by Crippen LogP contribution is 2.02. The summed E-state index contributed by atoms with van der Waals surface area (Å²) in [6, 6.07) is 4.02. The fourth-order valence-electron chi connectivity index (χ4n) is 0.623. The van der Waals surface area contributed by atoms with E-state index in [-0.39, 0.29) is 0 Å². The summed E-state index contributed by atoms with van der Waals surface area (Å²) < 4.78 is 0. The molecule has 1 nitrogen and oxygen atoms in total. The van der Waals surface area contributed by atoms with Gasteiger partial charge in [-0.05, 0) is 17.8 Å². The molecule has 48 valence electrons. The van der Waals surface area contributed by atoms with Crippen LogP contribution in [0.15, 0.2) is 18.3 Å². The molecule has 0 aliphatic heterocycles. The molecule has 1 heterocycles. The molecule has 0 saturated carbocycles. The molecule has 9 heavy (non-hydrogen) atoms. The summed E-state index contributed by atoms with van der Waals surface area (Å²) in [4.78, 5) is 4.10. The first-order valence-corrected chi connectivity index (χ1v) is 4.13. The lowest BCUT2D eigenvalue weighted by atomic mass is 10.3. The number of rotatable bonds is 1. The fraction of sp³-hybridized carbons (Fsp3) is 0.167. The van der Waals surface area contributed by atoms with Gasteiger partial charge in [-0.3, -0.25) is 4.98 Å². The Labute approximate surface area is 59.7 Å². The molecule has 0 amide bonds. The molecule has 0 fully saturated rings. The van der Waals surface area contributed by atoms with Crippen molar-refractivity contribution in [3.8, 4) is 0 Å². The Morgan fingerprint density at radius 2 is 2.33 bits per heavy atom. The Morgan fingerprint density at radius 3 is 2.78 bits per heavy atom. The highest BCUT2D eigenvalue weighted by atomic mass is 31.0. The molecular formula is C6H9NP2. The topological polar surface area (TPSA) is 12.9 Å². The fourth-order valence-corrected chi connectivity index (χ4v) is 1.50. The van der Waals surface area contributed by atoms with E-state index in [0.717, 1.165) is 11.6 Å². The van der Waals surface area contributed by atoms with E-state index in [1.54, 1.807) is 6.20 Å². The average molecular weight is 157 g/mol. The minimum Gasteiger partial charge on any atom is -0.257 e. The van der Waals surface area contributed by atoms with Crippen molar-refractivity contribution < 1.29 is 0 Å². The second-order valence-electron chi connectivity index (χ2n) is 1.75. The van der Waals surface area contributed by atoms with Gasteiger partial charge in [-0.2, -0.15) is 0 Å². The van der Waals surface area contributed by atoms with E-state index in [0.29, 0.717) is 0 Å². The number of hydrogen-bond donors (Lipinski definition) is 0. The average Bonchev–Trinajstić information content (AvgIpc) is 1.89. The normalized spacial score (nSPS) is 9.56. The van der Waals surface area contributed by atoms with Gasteiger partial charge in [-0.25, -0.2) is 0 Å². The van der Waals surface area contributed by atoms with Crippen molar-refractivity contribution in [3.05, 3.63) is 23.9 Å². The van der Waals surface area contributed by atoms with Crippen molar-refractivity contribution in [2.45, 2.75) is 6.16 Å². The first-order chi connectivity index (χ1) is 4.34. The summed E-state index contributed by atoms with van der Waals surface area (Å²) in [5, 5.41) is 0. The number of aromatic nitrogens is 1. The van der Waals surface area contributed by atoms with Crippen LogP contribution in [0, 0.1) is 0 Å². The first kappa shape index (κ1) is 7.12. The molecular weight excluding hydrogens is 148 g/mol. The number of nitrogens with zero attached hydrogens (tertiary/aromatic N) is 1. The van der Waals surface area contributed by atoms with Crippen molar-refractivity contribution in [3.63, 3.8) is 0 Å². The van der Waals surface area contributed by atoms with Crippen molar-refractivity contribution in [2.75, 3.05) is 0 Å². The van der Waals surface area contributed by atoms with Gasteiger partial charge in [0.2, 0.25) is 0 Å². The molecule has 2 atom stereocenters. The molecule has 0 aromatic carbocycles. The van der Waals surface area contributed by atoms with Crippen LogP contribution in [-0.4, -0.2) is 4.98 Å². The monoisotopic (exact) mass is 157 g/mol. The SMILES string of the molecule is PCc1cccnc1P. The minimum atomic E-state index is 0.979. The van der Waals surface area contributed by atoms with Crippen LogP contribution < -0.4 is 5.44 Å². The van der Waals surface area contributed by atoms with E-state index in [1.165, 1.54) is 5.56 Å². The predicted molar refractivity (Wildman–Crippen MR) is 47.0 cm³/mol. The second kappa shape index (κ2) is 3.25. The van der Waals surface area contributed by atoms with Gasteiger partial charge in [0.1, 0.15) is 0 Å². The number of pyridine rings is 1. The molecule has 1 aromatic rings. The third-order valence-electron chi connectivity index (χ3n) is 1.15. The Balaban J connectivity index is 3.01. The van der Waals surface area contributed by atoms with Crippen LogP contribution in [0.1, 0.15) is 5.56 Å². The maximum absolute atomic E-state index is 4.10. The lowest BCUT2D eigenvalue weighted by Crippen LogP contribution is -2.02. The van der Waals surface area contributed by atoms with Crippen LogP contribution >= 0.6 is 18.5 Å². The van der Waals surface area contributed by atoms with E-state index < -0.39 is 0 Å². The van der Waals surface area contributed by atoms with Gasteiger partial charge >= 0.3 is 0 Å². The molecule has 0 bridgehead atoms. The van der Waals surface area contributed by atoms with E-state index in [4.69, 9.17) is 0 Å². The molecule has 0 saturated heterocycles. The highest BCUT2D eigenvalue weighted by Gasteiger charge is 1.91. The molecule has 0 aliphatic rings. The van der Waals surface area contributed by atoms with Crippen LogP contribution in [0.4, 0.5) is 0 Å². The van der Waals surface area contributed by atoms with Gasteiger partial charge in [0, 0.05) is 6.20 Å². The molecule has 0 aliphatic carbocycles. The summed E-state index contributed by atoms with van der Waals surface area (Å²) >= 11 is 0. The molecule has 0 radical (unpaired) electrons. The van der Waals surface area contributed by atoms with Gasteiger partial charge < -0.3 is 0 Å². The summed E-state index contributed by atoms with van der Waals surface area (Å²) in [6.07, 6.45) is 2.78. The Kier molecular flexibility index (Phi) is 2.57. The lowest BCUT2D eigenvalue weighted by Gasteiger charge is -1.97. The molecule has 2 unspecified atom stereocenters. The summed E-state index contributed by atoms with van der Waals surface area (Å²) in [5.74, 6) is 0. The third kappa shape index (κ3) is 1.71. The van der Waals surface area contributed by atoms with E-state index in [1.807, 2.05) is 6.07 Å². The van der Waals surface area contributed by atoms with E-state index >= 15 is 0 Å². The Morgan fingerprint density at radius 1 is 1.56 bits per heavy atom. The first-order valence-electron chi connectivity index (χ1n) is 2.74. The standard InChI is InChI=1S/C6H9NP2/c8-4-5-2-1-3-7-6(5)9/h1-3H,4,8-9H2. The maximum Gasteiger partial charge on any atom is 0.0604 e. The zero-order valence-corrected chi connectivity index (χ0v) is 7.35. The zero-order chi connectivity index (χ0) is 6.69. The summed E-state index contributed by atoms with van der Waals surface area (Å²) in [5.41, 5.74) is 2.32. The van der Waals surface area contributed by atoms with Crippen molar-refractivity contribution in [1.82, 2.24) is 4.98 Å². The van der Waals surface area contributed by atoms with Crippen LogP contribution in [0.2, 0.25) is 0 Å². The minimum absolute atomic E-state index is 0.979. The molecule has 1 aromatic heterocycles.